The van der Waals surface area contributed by atoms with Crippen LogP contribution in [0.4, 0.5) is 0 Å². The number of rotatable bonds is 2. The van der Waals surface area contributed by atoms with E-state index in [2.05, 4.69) is 44.0 Å². The Morgan fingerprint density at radius 2 is 2.16 bits per heavy atom. The van der Waals surface area contributed by atoms with Crippen molar-refractivity contribution in [3.05, 3.63) is 40.2 Å². The molecule has 2 aromatic heterocycles. The van der Waals surface area contributed by atoms with Crippen molar-refractivity contribution < 1.29 is 5.11 Å². The van der Waals surface area contributed by atoms with Gasteiger partial charge in [-0.3, -0.25) is 4.98 Å². The molecule has 96 valence electrons. The highest BCUT2D eigenvalue weighted by Gasteiger charge is 2.14. The van der Waals surface area contributed by atoms with E-state index in [1.54, 1.807) is 18.5 Å². The maximum Gasteiger partial charge on any atom is 0.144 e. The van der Waals surface area contributed by atoms with Crippen molar-refractivity contribution in [1.82, 2.24) is 14.5 Å². The zero-order valence-electron chi connectivity index (χ0n) is 10.3. The summed E-state index contributed by atoms with van der Waals surface area (Å²) in [5.41, 5.74) is 2.63. The molecule has 1 aromatic carbocycles. The van der Waals surface area contributed by atoms with Gasteiger partial charge in [0.05, 0.1) is 17.3 Å². The number of imidazole rings is 1. The monoisotopic (exact) mass is 365 g/mol. The lowest BCUT2D eigenvalue weighted by Gasteiger charge is -2.08. The highest BCUT2D eigenvalue weighted by molar-refractivity contribution is 14.1. The van der Waals surface area contributed by atoms with Gasteiger partial charge in [-0.1, -0.05) is 0 Å². The third-order valence-corrected chi connectivity index (χ3v) is 3.74. The maximum atomic E-state index is 10.1. The number of phenolic OH excluding ortho intramolecular Hbond substituents is 1. The molecule has 0 aliphatic rings. The summed E-state index contributed by atoms with van der Waals surface area (Å²) in [4.78, 5) is 8.69. The molecule has 0 bridgehead atoms. The van der Waals surface area contributed by atoms with Gasteiger partial charge in [0, 0.05) is 16.3 Å². The summed E-state index contributed by atoms with van der Waals surface area (Å²) in [6.45, 7) is 2.86. The molecule has 0 spiro atoms. The number of nitrogens with zero attached hydrogens (tertiary/aromatic N) is 3. The number of benzene rings is 1. The molecule has 0 unspecified atom stereocenters. The molecule has 4 nitrogen and oxygen atoms in total. The fourth-order valence-electron chi connectivity index (χ4n) is 2.19. The van der Waals surface area contributed by atoms with E-state index in [9.17, 15) is 5.11 Å². The average molecular weight is 365 g/mol. The van der Waals surface area contributed by atoms with Crippen LogP contribution in [0.2, 0.25) is 0 Å². The minimum absolute atomic E-state index is 0.249. The number of aromatic hydroxyl groups is 1. The summed E-state index contributed by atoms with van der Waals surface area (Å²) < 4.78 is 3.15. The summed E-state index contributed by atoms with van der Waals surface area (Å²) >= 11 is 2.23. The lowest BCUT2D eigenvalue weighted by molar-refractivity contribution is 0.476. The van der Waals surface area contributed by atoms with E-state index >= 15 is 0 Å². The third kappa shape index (κ3) is 2.07. The van der Waals surface area contributed by atoms with Gasteiger partial charge in [0.1, 0.15) is 17.1 Å². The highest BCUT2D eigenvalue weighted by Crippen LogP contribution is 2.32. The van der Waals surface area contributed by atoms with Gasteiger partial charge in [-0.15, -0.1) is 0 Å². The summed E-state index contributed by atoms with van der Waals surface area (Å²) in [6, 6.07) is 7.46. The number of phenols is 1. The van der Waals surface area contributed by atoms with E-state index in [4.69, 9.17) is 0 Å². The van der Waals surface area contributed by atoms with Crippen molar-refractivity contribution >= 4 is 33.6 Å². The van der Waals surface area contributed by atoms with Gasteiger partial charge < -0.3 is 9.67 Å². The van der Waals surface area contributed by atoms with Crippen molar-refractivity contribution in [1.29, 1.82) is 0 Å². The first-order chi connectivity index (χ1) is 9.20. The number of aryl methyl sites for hydroxylation is 1. The average Bonchev–Trinajstić information content (AvgIpc) is 2.79. The molecule has 5 heteroatoms. The van der Waals surface area contributed by atoms with Gasteiger partial charge in [0.15, 0.2) is 0 Å². The second-order valence-electron chi connectivity index (χ2n) is 4.21. The van der Waals surface area contributed by atoms with Crippen molar-refractivity contribution in [2.75, 3.05) is 0 Å². The van der Waals surface area contributed by atoms with Crippen LogP contribution in [0.3, 0.4) is 0 Å². The molecular formula is C14H12IN3O. The summed E-state index contributed by atoms with van der Waals surface area (Å²) in [6.07, 6.45) is 3.50. The molecule has 1 N–H and O–H groups in total. The Morgan fingerprint density at radius 3 is 2.95 bits per heavy atom. The van der Waals surface area contributed by atoms with Crippen molar-refractivity contribution in [3.63, 3.8) is 0 Å². The summed E-state index contributed by atoms with van der Waals surface area (Å²) in [5, 5.41) is 10.1. The zero-order valence-corrected chi connectivity index (χ0v) is 12.5. The van der Waals surface area contributed by atoms with Gasteiger partial charge in [-0.05, 0) is 53.8 Å². The Balaban J connectivity index is 2.33. The van der Waals surface area contributed by atoms with E-state index in [1.807, 2.05) is 18.2 Å². The fourth-order valence-corrected chi connectivity index (χ4v) is 2.69. The number of halogens is 1. The van der Waals surface area contributed by atoms with Crippen LogP contribution in [0, 0.1) is 3.57 Å². The Bertz CT molecular complexity index is 752. The second-order valence-corrected chi connectivity index (χ2v) is 5.45. The predicted octanol–water partition coefficient (Wildman–Crippen LogP) is 3.43. The maximum absolute atomic E-state index is 10.1. The molecule has 0 aliphatic heterocycles. The molecular weight excluding hydrogens is 353 g/mol. The lowest BCUT2D eigenvalue weighted by Crippen LogP contribution is -1.97. The van der Waals surface area contributed by atoms with Gasteiger partial charge >= 0.3 is 0 Å². The highest BCUT2D eigenvalue weighted by atomic mass is 127. The molecule has 0 radical (unpaired) electrons. The third-order valence-electron chi connectivity index (χ3n) is 3.07. The first-order valence-corrected chi connectivity index (χ1v) is 7.07. The SMILES string of the molecule is CCn1c(-c2cc(I)ccc2O)nc2cnccc21. The van der Waals surface area contributed by atoms with Crippen molar-refractivity contribution in [3.8, 4) is 17.1 Å². The van der Waals surface area contributed by atoms with Crippen LogP contribution in [0.5, 0.6) is 5.75 Å². The smallest absolute Gasteiger partial charge is 0.144 e. The van der Waals surface area contributed by atoms with Crippen LogP contribution >= 0.6 is 22.6 Å². The first kappa shape index (κ1) is 12.4. The van der Waals surface area contributed by atoms with E-state index in [-0.39, 0.29) is 5.75 Å². The minimum Gasteiger partial charge on any atom is -0.507 e. The summed E-state index contributed by atoms with van der Waals surface area (Å²) in [5.74, 6) is 1.03. The molecule has 0 fully saturated rings. The summed E-state index contributed by atoms with van der Waals surface area (Å²) in [7, 11) is 0. The Morgan fingerprint density at radius 1 is 1.32 bits per heavy atom. The van der Waals surface area contributed by atoms with Crippen LogP contribution in [-0.4, -0.2) is 19.6 Å². The van der Waals surface area contributed by atoms with E-state index < -0.39 is 0 Å². The van der Waals surface area contributed by atoms with Gasteiger partial charge in [-0.2, -0.15) is 0 Å². The molecule has 3 rings (SSSR count). The van der Waals surface area contributed by atoms with Crippen LogP contribution in [0.15, 0.2) is 36.7 Å². The number of fused-ring (bicyclic) bond motifs is 1. The number of hydrogen-bond acceptors (Lipinski definition) is 3. The Hall–Kier alpha value is -1.63. The largest absolute Gasteiger partial charge is 0.507 e. The number of pyridine rings is 1. The quantitative estimate of drug-likeness (QED) is 0.708. The van der Waals surface area contributed by atoms with Gasteiger partial charge in [-0.25, -0.2) is 4.98 Å². The molecule has 19 heavy (non-hydrogen) atoms. The standard InChI is InChI=1S/C14H12IN3O/c1-2-18-12-5-6-16-8-11(12)17-14(18)10-7-9(15)3-4-13(10)19/h3-8,19H,2H2,1H3. The molecule has 0 amide bonds. The zero-order chi connectivity index (χ0) is 13.4. The van der Waals surface area contributed by atoms with Gasteiger partial charge in [0.2, 0.25) is 0 Å². The second kappa shape index (κ2) is 4.80. The molecule has 0 saturated heterocycles. The Kier molecular flexibility index (Phi) is 3.14. The minimum atomic E-state index is 0.249. The molecule has 0 aliphatic carbocycles. The van der Waals surface area contributed by atoms with Crippen LogP contribution in [0.25, 0.3) is 22.4 Å². The molecule has 0 saturated carbocycles. The number of hydrogen-bond donors (Lipinski definition) is 1. The van der Waals surface area contributed by atoms with Crippen LogP contribution < -0.4 is 0 Å². The molecule has 2 heterocycles. The van der Waals surface area contributed by atoms with Crippen LogP contribution in [0.1, 0.15) is 6.92 Å². The topological polar surface area (TPSA) is 50.9 Å². The molecule has 0 atom stereocenters. The van der Waals surface area contributed by atoms with E-state index in [1.165, 1.54) is 0 Å². The van der Waals surface area contributed by atoms with Crippen LogP contribution in [-0.2, 0) is 6.54 Å². The number of aromatic nitrogens is 3. The van der Waals surface area contributed by atoms with Gasteiger partial charge in [0.25, 0.3) is 0 Å². The first-order valence-electron chi connectivity index (χ1n) is 6.00. The van der Waals surface area contributed by atoms with Crippen molar-refractivity contribution in [2.24, 2.45) is 0 Å². The van der Waals surface area contributed by atoms with Crippen molar-refractivity contribution in [2.45, 2.75) is 13.5 Å². The predicted molar refractivity (Wildman–Crippen MR) is 83.0 cm³/mol. The molecule has 3 aromatic rings. The lowest BCUT2D eigenvalue weighted by atomic mass is 10.2. The van der Waals surface area contributed by atoms with E-state index in [0.29, 0.717) is 0 Å². The fraction of sp³-hybridized carbons (Fsp3) is 0.143. The van der Waals surface area contributed by atoms with E-state index in [0.717, 1.165) is 32.5 Å². The Labute approximate surface area is 124 Å². The normalized spacial score (nSPS) is 11.1.